The molecule has 4 fully saturated rings. The Labute approximate surface area is 169 Å². The van der Waals surface area contributed by atoms with Gasteiger partial charge < -0.3 is 4.74 Å². The van der Waals surface area contributed by atoms with Crippen LogP contribution in [0.5, 0.6) is 0 Å². The molecule has 1 aromatic heterocycles. The number of para-hydroxylation sites is 1. The average Bonchev–Trinajstić information content (AvgIpc) is 2.67. The molecule has 4 bridgehead atoms. The highest BCUT2D eigenvalue weighted by Gasteiger charge is 2.51. The summed E-state index contributed by atoms with van der Waals surface area (Å²) in [6, 6.07) is 9.04. The van der Waals surface area contributed by atoms with E-state index in [1.807, 2.05) is 12.1 Å². The minimum Gasteiger partial charge on any atom is -0.457 e. The SMILES string of the molecule is N#CCn1c(COC(=O)CC23CC4CC(CC(C4)C2)C3)nc2ccccc2c1=O. The number of fused-ring (bicyclic) bond motifs is 1. The molecule has 6 heteroatoms. The number of carbonyl (C=O) groups is 1. The lowest BCUT2D eigenvalue weighted by atomic mass is 9.49. The van der Waals surface area contributed by atoms with Crippen molar-refractivity contribution < 1.29 is 9.53 Å². The highest BCUT2D eigenvalue weighted by molar-refractivity contribution is 5.77. The van der Waals surface area contributed by atoms with Crippen LogP contribution in [-0.4, -0.2) is 15.5 Å². The Hall–Kier alpha value is -2.68. The highest BCUT2D eigenvalue weighted by atomic mass is 16.5. The summed E-state index contributed by atoms with van der Waals surface area (Å²) in [5.41, 5.74) is 0.401. The maximum atomic E-state index is 12.7. The summed E-state index contributed by atoms with van der Waals surface area (Å²) < 4.78 is 6.89. The van der Waals surface area contributed by atoms with Crippen molar-refractivity contribution in [2.24, 2.45) is 23.2 Å². The molecule has 0 atom stereocenters. The van der Waals surface area contributed by atoms with Crippen molar-refractivity contribution in [3.63, 3.8) is 0 Å². The minimum atomic E-state index is -0.274. The fourth-order valence-corrected chi connectivity index (χ4v) is 6.57. The number of esters is 1. The standard InChI is InChI=1S/C23H25N3O3/c24-5-6-26-20(25-19-4-2-1-3-18(19)22(26)28)14-29-21(27)13-23-10-15-7-16(11-23)9-17(8-15)12-23/h1-4,15-17H,6-14H2. The fraction of sp³-hybridized carbons (Fsp3) is 0.565. The first-order chi connectivity index (χ1) is 14.0. The van der Waals surface area contributed by atoms with E-state index >= 15 is 0 Å². The van der Waals surface area contributed by atoms with Gasteiger partial charge in [-0.15, -0.1) is 0 Å². The van der Waals surface area contributed by atoms with Crippen LogP contribution in [0.4, 0.5) is 0 Å². The van der Waals surface area contributed by atoms with Crippen molar-refractivity contribution in [3.8, 4) is 6.07 Å². The third kappa shape index (κ3) is 3.33. The molecule has 4 saturated carbocycles. The van der Waals surface area contributed by atoms with Gasteiger partial charge in [-0.05, 0) is 73.8 Å². The van der Waals surface area contributed by atoms with Gasteiger partial charge in [-0.25, -0.2) is 4.98 Å². The number of aromatic nitrogens is 2. The molecule has 0 N–H and O–H groups in total. The first kappa shape index (κ1) is 18.4. The van der Waals surface area contributed by atoms with E-state index in [4.69, 9.17) is 10.00 Å². The molecule has 0 spiro atoms. The monoisotopic (exact) mass is 391 g/mol. The normalized spacial score (nSPS) is 29.7. The maximum Gasteiger partial charge on any atom is 0.306 e. The molecule has 0 saturated heterocycles. The van der Waals surface area contributed by atoms with Crippen molar-refractivity contribution in [2.45, 2.75) is 58.1 Å². The van der Waals surface area contributed by atoms with Crippen LogP contribution < -0.4 is 5.56 Å². The first-order valence-electron chi connectivity index (χ1n) is 10.6. The molecule has 1 heterocycles. The Balaban J connectivity index is 1.33. The summed E-state index contributed by atoms with van der Waals surface area (Å²) in [5, 5.41) is 9.58. The second-order valence-corrected chi connectivity index (χ2v) is 9.35. The van der Waals surface area contributed by atoms with Crippen LogP contribution in [0.1, 0.15) is 50.8 Å². The fourth-order valence-electron chi connectivity index (χ4n) is 6.57. The molecular formula is C23H25N3O3. The van der Waals surface area contributed by atoms with Crippen LogP contribution in [0.2, 0.25) is 0 Å². The van der Waals surface area contributed by atoms with Crippen LogP contribution in [0.25, 0.3) is 10.9 Å². The number of carbonyl (C=O) groups excluding carboxylic acids is 1. The van der Waals surface area contributed by atoms with Gasteiger partial charge in [-0.2, -0.15) is 5.26 Å². The maximum absolute atomic E-state index is 12.7. The number of nitriles is 1. The molecule has 29 heavy (non-hydrogen) atoms. The molecule has 0 unspecified atom stereocenters. The smallest absolute Gasteiger partial charge is 0.306 e. The van der Waals surface area contributed by atoms with E-state index in [1.165, 1.54) is 23.8 Å². The van der Waals surface area contributed by atoms with E-state index in [2.05, 4.69) is 4.98 Å². The largest absolute Gasteiger partial charge is 0.457 e. The van der Waals surface area contributed by atoms with Crippen LogP contribution in [0.15, 0.2) is 29.1 Å². The van der Waals surface area contributed by atoms with Crippen molar-refractivity contribution in [1.82, 2.24) is 9.55 Å². The van der Waals surface area contributed by atoms with Gasteiger partial charge in [0.15, 0.2) is 5.82 Å². The number of hydrogen-bond donors (Lipinski definition) is 0. The minimum absolute atomic E-state index is 0.0764. The van der Waals surface area contributed by atoms with Crippen molar-refractivity contribution in [2.75, 3.05) is 0 Å². The zero-order valence-corrected chi connectivity index (χ0v) is 16.5. The Morgan fingerprint density at radius 3 is 2.48 bits per heavy atom. The van der Waals surface area contributed by atoms with E-state index in [-0.39, 0.29) is 30.1 Å². The number of hydrogen-bond acceptors (Lipinski definition) is 5. The Bertz CT molecular complexity index is 1030. The summed E-state index contributed by atoms with van der Waals surface area (Å²) in [7, 11) is 0. The summed E-state index contributed by atoms with van der Waals surface area (Å²) in [4.78, 5) is 29.9. The summed E-state index contributed by atoms with van der Waals surface area (Å²) in [6.45, 7) is -0.189. The van der Waals surface area contributed by atoms with Gasteiger partial charge >= 0.3 is 5.97 Å². The van der Waals surface area contributed by atoms with Gasteiger partial charge in [-0.1, -0.05) is 12.1 Å². The number of nitrogens with zero attached hydrogens (tertiary/aromatic N) is 3. The molecule has 2 aromatic rings. The van der Waals surface area contributed by atoms with Crippen molar-refractivity contribution >= 4 is 16.9 Å². The average molecular weight is 391 g/mol. The highest BCUT2D eigenvalue weighted by Crippen LogP contribution is 2.61. The van der Waals surface area contributed by atoms with Gasteiger partial charge in [0.25, 0.3) is 5.56 Å². The lowest BCUT2D eigenvalue weighted by Gasteiger charge is -2.56. The zero-order valence-electron chi connectivity index (χ0n) is 16.5. The van der Waals surface area contributed by atoms with Crippen LogP contribution >= 0.6 is 0 Å². The van der Waals surface area contributed by atoms with Crippen molar-refractivity contribution in [3.05, 3.63) is 40.4 Å². The first-order valence-corrected chi connectivity index (χ1v) is 10.6. The zero-order chi connectivity index (χ0) is 20.0. The molecular weight excluding hydrogens is 366 g/mol. The Morgan fingerprint density at radius 2 is 1.83 bits per heavy atom. The van der Waals surface area contributed by atoms with Crippen LogP contribution in [0.3, 0.4) is 0 Å². The molecule has 150 valence electrons. The second-order valence-electron chi connectivity index (χ2n) is 9.35. The number of ether oxygens (including phenoxy) is 1. The summed E-state index contributed by atoms with van der Waals surface area (Å²) in [5.74, 6) is 2.48. The summed E-state index contributed by atoms with van der Waals surface area (Å²) >= 11 is 0. The molecule has 0 radical (unpaired) electrons. The van der Waals surface area contributed by atoms with Crippen molar-refractivity contribution in [1.29, 1.82) is 5.26 Å². The van der Waals surface area contributed by atoms with E-state index in [0.29, 0.717) is 23.1 Å². The topological polar surface area (TPSA) is 85.0 Å². The van der Waals surface area contributed by atoms with Gasteiger partial charge in [-0.3, -0.25) is 14.2 Å². The van der Waals surface area contributed by atoms with E-state index < -0.39 is 0 Å². The third-order valence-electron chi connectivity index (χ3n) is 7.22. The van der Waals surface area contributed by atoms with Gasteiger partial charge in [0.2, 0.25) is 0 Å². The lowest BCUT2D eigenvalue weighted by Crippen LogP contribution is -2.47. The predicted octanol–water partition coefficient (Wildman–Crippen LogP) is 3.57. The van der Waals surface area contributed by atoms with Crippen LogP contribution in [0, 0.1) is 34.5 Å². The molecule has 6 rings (SSSR count). The number of benzene rings is 1. The Kier molecular flexibility index (Phi) is 4.42. The van der Waals surface area contributed by atoms with Gasteiger partial charge in [0.1, 0.15) is 13.2 Å². The van der Waals surface area contributed by atoms with E-state index in [9.17, 15) is 9.59 Å². The molecule has 6 nitrogen and oxygen atoms in total. The van der Waals surface area contributed by atoms with E-state index in [0.717, 1.165) is 37.0 Å². The lowest BCUT2D eigenvalue weighted by molar-refractivity contribution is -0.153. The van der Waals surface area contributed by atoms with Gasteiger partial charge in [0.05, 0.1) is 23.4 Å². The Morgan fingerprint density at radius 1 is 1.17 bits per heavy atom. The van der Waals surface area contributed by atoms with Crippen LogP contribution in [-0.2, 0) is 22.7 Å². The third-order valence-corrected chi connectivity index (χ3v) is 7.22. The van der Waals surface area contributed by atoms with Gasteiger partial charge in [0, 0.05) is 0 Å². The summed E-state index contributed by atoms with van der Waals surface area (Å²) in [6.07, 6.45) is 7.96. The molecule has 0 aliphatic heterocycles. The van der Waals surface area contributed by atoms with E-state index in [1.54, 1.807) is 18.2 Å². The quantitative estimate of drug-likeness (QED) is 0.728. The number of rotatable bonds is 5. The molecule has 4 aliphatic carbocycles. The molecule has 0 amide bonds. The molecule has 1 aromatic carbocycles. The second kappa shape index (κ2) is 6.98. The molecule has 4 aliphatic rings. The predicted molar refractivity (Wildman–Crippen MR) is 107 cm³/mol.